The minimum Gasteiger partial charge on any atom is -0.486 e. The first-order chi connectivity index (χ1) is 15.6. The summed E-state index contributed by atoms with van der Waals surface area (Å²) < 4.78 is 11.3. The molecule has 2 atom stereocenters. The highest BCUT2D eigenvalue weighted by atomic mass is 16.6. The van der Waals surface area contributed by atoms with Crippen LogP contribution in [0.3, 0.4) is 0 Å². The summed E-state index contributed by atoms with van der Waals surface area (Å²) in [4.78, 5) is 2.35. The van der Waals surface area contributed by atoms with E-state index in [-0.39, 0.29) is 6.04 Å². The molecule has 7 heteroatoms. The number of benzene rings is 2. The zero-order valence-corrected chi connectivity index (χ0v) is 18.6. The standard InChI is InChI=1S/C25H34N4O3/c26-21(10-8-19-6-2-1-3-7-19)17-29(27)22(18-28-12-4-5-13-28)25(30)20-9-11-23-24(16-20)32-15-14-31-23/h1-3,6-7,9,11,16,22,25-26,30H,4-5,8,10,12-15,17-18,27H2. The molecule has 4 N–H and O–H groups in total. The van der Waals surface area contributed by atoms with Gasteiger partial charge in [0.15, 0.2) is 11.5 Å². The van der Waals surface area contributed by atoms with Crippen LogP contribution in [0.25, 0.3) is 0 Å². The fourth-order valence-electron chi connectivity index (χ4n) is 4.44. The minimum absolute atomic E-state index is 0.326. The number of nitrogens with two attached hydrogens (primary N) is 1. The van der Waals surface area contributed by atoms with Gasteiger partial charge < -0.3 is 24.9 Å². The largest absolute Gasteiger partial charge is 0.486 e. The molecule has 2 aliphatic heterocycles. The van der Waals surface area contributed by atoms with E-state index in [0.717, 1.165) is 25.1 Å². The van der Waals surface area contributed by atoms with Gasteiger partial charge in [-0.25, -0.2) is 5.01 Å². The normalized spacial score (nSPS) is 18.0. The lowest BCUT2D eigenvalue weighted by Gasteiger charge is -2.35. The molecule has 1 saturated heterocycles. The lowest BCUT2D eigenvalue weighted by Crippen LogP contribution is -2.52. The lowest BCUT2D eigenvalue weighted by atomic mass is 9.99. The fraction of sp³-hybridized carbons (Fsp3) is 0.480. The van der Waals surface area contributed by atoms with Crippen molar-refractivity contribution in [1.82, 2.24) is 9.91 Å². The van der Waals surface area contributed by atoms with Crippen LogP contribution in [0.1, 0.15) is 36.5 Å². The molecule has 0 amide bonds. The van der Waals surface area contributed by atoms with Crippen LogP contribution >= 0.6 is 0 Å². The van der Waals surface area contributed by atoms with Crippen molar-refractivity contribution >= 4 is 5.71 Å². The van der Waals surface area contributed by atoms with Gasteiger partial charge in [-0.05, 0) is 62.0 Å². The number of ether oxygens (including phenoxy) is 2. The Hall–Kier alpha value is -2.45. The van der Waals surface area contributed by atoms with E-state index in [4.69, 9.17) is 20.7 Å². The molecule has 2 aliphatic rings. The average molecular weight is 439 g/mol. The number of fused-ring (bicyclic) bond motifs is 1. The first kappa shape index (κ1) is 22.7. The summed E-state index contributed by atoms with van der Waals surface area (Å²) in [6.45, 7) is 4.07. The molecule has 4 rings (SSSR count). The molecule has 2 aromatic carbocycles. The van der Waals surface area contributed by atoms with E-state index in [9.17, 15) is 5.11 Å². The van der Waals surface area contributed by atoms with Crippen molar-refractivity contribution in [1.29, 1.82) is 5.41 Å². The highest BCUT2D eigenvalue weighted by Crippen LogP contribution is 2.34. The molecule has 0 radical (unpaired) electrons. The predicted molar refractivity (Wildman–Crippen MR) is 125 cm³/mol. The van der Waals surface area contributed by atoms with Gasteiger partial charge in [0.1, 0.15) is 13.2 Å². The Labute approximate surface area is 190 Å². The molecule has 172 valence electrons. The maximum Gasteiger partial charge on any atom is 0.161 e. The second kappa shape index (κ2) is 10.9. The number of aliphatic hydroxyl groups is 1. The number of hydrogen-bond donors (Lipinski definition) is 3. The molecule has 2 aromatic rings. The number of hydrogen-bond acceptors (Lipinski definition) is 7. The lowest BCUT2D eigenvalue weighted by molar-refractivity contribution is 0.0364. The Bertz CT molecular complexity index is 886. The van der Waals surface area contributed by atoms with E-state index in [1.54, 1.807) is 5.01 Å². The van der Waals surface area contributed by atoms with E-state index < -0.39 is 6.10 Å². The second-order valence-corrected chi connectivity index (χ2v) is 8.68. The fourth-order valence-corrected chi connectivity index (χ4v) is 4.44. The van der Waals surface area contributed by atoms with Crippen molar-refractivity contribution in [3.8, 4) is 11.5 Å². The average Bonchev–Trinajstić information content (AvgIpc) is 3.34. The van der Waals surface area contributed by atoms with Crippen LogP contribution < -0.4 is 15.3 Å². The van der Waals surface area contributed by atoms with Crippen molar-refractivity contribution in [3.63, 3.8) is 0 Å². The zero-order chi connectivity index (χ0) is 22.3. The quantitative estimate of drug-likeness (QED) is 0.300. The van der Waals surface area contributed by atoms with E-state index >= 15 is 0 Å². The molecular weight excluding hydrogens is 404 g/mol. The van der Waals surface area contributed by atoms with E-state index in [1.165, 1.54) is 18.4 Å². The van der Waals surface area contributed by atoms with Crippen LogP contribution in [0.5, 0.6) is 11.5 Å². The Morgan fingerprint density at radius 3 is 2.53 bits per heavy atom. The second-order valence-electron chi connectivity index (χ2n) is 8.68. The van der Waals surface area contributed by atoms with Gasteiger partial charge in [-0.15, -0.1) is 0 Å². The molecule has 0 bridgehead atoms. The van der Waals surface area contributed by atoms with Gasteiger partial charge in [0, 0.05) is 12.3 Å². The smallest absolute Gasteiger partial charge is 0.161 e. The van der Waals surface area contributed by atoms with Crippen LogP contribution in [-0.4, -0.2) is 66.2 Å². The maximum absolute atomic E-state index is 11.3. The molecule has 0 saturated carbocycles. The van der Waals surface area contributed by atoms with Crippen molar-refractivity contribution in [2.75, 3.05) is 39.4 Å². The van der Waals surface area contributed by atoms with Crippen LogP contribution in [0.15, 0.2) is 48.5 Å². The van der Waals surface area contributed by atoms with Crippen LogP contribution in [0.4, 0.5) is 0 Å². The summed E-state index contributed by atoms with van der Waals surface area (Å²) in [5.41, 5.74) is 2.53. The third-order valence-electron chi connectivity index (χ3n) is 6.27. The Morgan fingerprint density at radius 2 is 1.78 bits per heavy atom. The molecule has 0 aromatic heterocycles. The van der Waals surface area contributed by atoms with Gasteiger partial charge in [-0.2, -0.15) is 0 Å². The third kappa shape index (κ3) is 5.86. The van der Waals surface area contributed by atoms with Gasteiger partial charge in [0.2, 0.25) is 0 Å². The third-order valence-corrected chi connectivity index (χ3v) is 6.27. The number of likely N-dealkylation sites (tertiary alicyclic amines) is 1. The Morgan fingerprint density at radius 1 is 1.06 bits per heavy atom. The van der Waals surface area contributed by atoms with E-state index in [2.05, 4.69) is 17.0 Å². The number of nitrogens with one attached hydrogen (secondary N) is 1. The summed E-state index contributed by atoms with van der Waals surface area (Å²) >= 11 is 0. The van der Waals surface area contributed by atoms with Crippen LogP contribution in [-0.2, 0) is 6.42 Å². The van der Waals surface area contributed by atoms with Gasteiger partial charge >= 0.3 is 0 Å². The highest BCUT2D eigenvalue weighted by molar-refractivity contribution is 5.83. The van der Waals surface area contributed by atoms with Gasteiger partial charge in [-0.3, -0.25) is 5.84 Å². The molecule has 0 spiro atoms. The van der Waals surface area contributed by atoms with Crippen LogP contribution in [0.2, 0.25) is 0 Å². The van der Waals surface area contributed by atoms with E-state index in [0.29, 0.717) is 49.9 Å². The van der Waals surface area contributed by atoms with Gasteiger partial charge in [-0.1, -0.05) is 36.4 Å². The summed E-state index contributed by atoms with van der Waals surface area (Å²) in [6, 6.07) is 15.4. The summed E-state index contributed by atoms with van der Waals surface area (Å²) in [5.74, 6) is 7.86. The number of rotatable bonds is 10. The molecule has 32 heavy (non-hydrogen) atoms. The SMILES string of the molecule is N=C(CCc1ccccc1)CN(N)C(CN1CCCC1)C(O)c1ccc2c(c1)OCCO2. The Balaban J connectivity index is 1.43. The topological polar surface area (TPSA) is 95.0 Å². The number of nitrogens with zero attached hydrogens (tertiary/aromatic N) is 2. The first-order valence-corrected chi connectivity index (χ1v) is 11.5. The molecule has 2 heterocycles. The predicted octanol–water partition coefficient (Wildman–Crippen LogP) is 2.78. The summed E-state index contributed by atoms with van der Waals surface area (Å²) in [5, 5.41) is 21.4. The molecule has 0 aliphatic carbocycles. The van der Waals surface area contributed by atoms with Crippen molar-refractivity contribution in [3.05, 3.63) is 59.7 Å². The number of hydrazine groups is 1. The van der Waals surface area contributed by atoms with E-state index in [1.807, 2.05) is 36.4 Å². The Kier molecular flexibility index (Phi) is 7.76. The number of aryl methyl sites for hydroxylation is 1. The summed E-state index contributed by atoms with van der Waals surface area (Å²) in [7, 11) is 0. The van der Waals surface area contributed by atoms with Crippen molar-refractivity contribution in [2.45, 2.75) is 37.8 Å². The molecule has 7 nitrogen and oxygen atoms in total. The molecular formula is C25H34N4O3. The maximum atomic E-state index is 11.3. The number of aliphatic hydroxyl groups excluding tert-OH is 1. The first-order valence-electron chi connectivity index (χ1n) is 11.5. The van der Waals surface area contributed by atoms with Crippen LogP contribution in [0, 0.1) is 5.41 Å². The highest BCUT2D eigenvalue weighted by Gasteiger charge is 2.30. The molecule has 2 unspecified atom stereocenters. The van der Waals surface area contributed by atoms with Gasteiger partial charge in [0.05, 0.1) is 18.7 Å². The van der Waals surface area contributed by atoms with Crippen molar-refractivity contribution in [2.24, 2.45) is 5.84 Å². The summed E-state index contributed by atoms with van der Waals surface area (Å²) in [6.07, 6.45) is 3.01. The monoisotopic (exact) mass is 438 g/mol. The molecule has 1 fully saturated rings. The van der Waals surface area contributed by atoms with Crippen molar-refractivity contribution < 1.29 is 14.6 Å². The van der Waals surface area contributed by atoms with Gasteiger partial charge in [0.25, 0.3) is 0 Å². The zero-order valence-electron chi connectivity index (χ0n) is 18.6. The minimum atomic E-state index is -0.793.